The third-order valence-electron chi connectivity index (χ3n) is 4.51. The molecule has 0 fully saturated rings. The average Bonchev–Trinajstić information content (AvgIpc) is 3.28. The Balaban J connectivity index is 0.00000243. The van der Waals surface area contributed by atoms with Gasteiger partial charge in [-0.1, -0.05) is 30.4 Å². The van der Waals surface area contributed by atoms with Crippen molar-refractivity contribution >= 4 is 29.9 Å². The third kappa shape index (κ3) is 5.59. The topological polar surface area (TPSA) is 54.2 Å². The number of halogens is 1. The van der Waals surface area contributed by atoms with Gasteiger partial charge in [0.05, 0.1) is 11.4 Å². The molecule has 0 saturated carbocycles. The van der Waals surface area contributed by atoms with Crippen LogP contribution in [0.1, 0.15) is 30.5 Å². The highest BCUT2D eigenvalue weighted by atomic mass is 127. The van der Waals surface area contributed by atoms with Gasteiger partial charge in [0, 0.05) is 25.8 Å². The van der Waals surface area contributed by atoms with Gasteiger partial charge in [0.25, 0.3) is 0 Å². The fraction of sp³-hybridized carbons (Fsp3) is 0.400. The largest absolute Gasteiger partial charge is 0.356 e. The van der Waals surface area contributed by atoms with Gasteiger partial charge in [-0.3, -0.25) is 4.99 Å². The summed E-state index contributed by atoms with van der Waals surface area (Å²) in [7, 11) is 1.83. The molecule has 2 N–H and O–H groups in total. The lowest BCUT2D eigenvalue weighted by atomic mass is 10.1. The van der Waals surface area contributed by atoms with Gasteiger partial charge in [-0.2, -0.15) is 5.10 Å². The minimum absolute atomic E-state index is 0. The first-order valence-electron chi connectivity index (χ1n) is 8.99. The predicted octanol–water partition coefficient (Wildman–Crippen LogP) is 3.61. The first-order chi connectivity index (χ1) is 12.3. The van der Waals surface area contributed by atoms with Crippen LogP contribution in [0.5, 0.6) is 0 Å². The SMILES string of the molecule is CN=C(NCCCc1cn(-c2ccccc2)nc1C)NC1CC=CC1.I. The molecule has 6 heteroatoms. The minimum Gasteiger partial charge on any atom is -0.356 e. The van der Waals surface area contributed by atoms with Gasteiger partial charge in [0.1, 0.15) is 0 Å². The molecule has 26 heavy (non-hydrogen) atoms. The van der Waals surface area contributed by atoms with E-state index in [0.29, 0.717) is 6.04 Å². The predicted molar refractivity (Wildman–Crippen MR) is 119 cm³/mol. The van der Waals surface area contributed by atoms with Crippen molar-refractivity contribution in [2.45, 2.75) is 38.6 Å². The summed E-state index contributed by atoms with van der Waals surface area (Å²) in [6.07, 6.45) is 10.8. The van der Waals surface area contributed by atoms with Gasteiger partial charge in [-0.15, -0.1) is 24.0 Å². The summed E-state index contributed by atoms with van der Waals surface area (Å²) in [4.78, 5) is 4.31. The van der Waals surface area contributed by atoms with Crippen molar-refractivity contribution in [1.82, 2.24) is 20.4 Å². The number of hydrogen-bond acceptors (Lipinski definition) is 2. The summed E-state index contributed by atoms with van der Waals surface area (Å²) in [6.45, 7) is 2.98. The number of nitrogens with zero attached hydrogens (tertiary/aromatic N) is 3. The first-order valence-corrected chi connectivity index (χ1v) is 8.99. The Morgan fingerprint density at radius 1 is 1.23 bits per heavy atom. The summed E-state index contributed by atoms with van der Waals surface area (Å²) in [6, 6.07) is 10.7. The van der Waals surface area contributed by atoms with E-state index in [4.69, 9.17) is 0 Å². The fourth-order valence-corrected chi connectivity index (χ4v) is 3.06. The maximum atomic E-state index is 4.63. The zero-order valence-electron chi connectivity index (χ0n) is 15.5. The van der Waals surface area contributed by atoms with E-state index in [9.17, 15) is 0 Å². The number of rotatable bonds is 6. The number of para-hydroxylation sites is 1. The Bertz CT molecular complexity index is 728. The van der Waals surface area contributed by atoms with Crippen LogP contribution in [-0.2, 0) is 6.42 Å². The summed E-state index contributed by atoms with van der Waals surface area (Å²) in [5, 5.41) is 11.5. The molecular weight excluding hydrogens is 437 g/mol. The number of aromatic nitrogens is 2. The molecule has 5 nitrogen and oxygen atoms in total. The van der Waals surface area contributed by atoms with Gasteiger partial charge < -0.3 is 10.6 Å². The van der Waals surface area contributed by atoms with Crippen molar-refractivity contribution in [3.63, 3.8) is 0 Å². The quantitative estimate of drug-likeness (QED) is 0.225. The number of guanidine groups is 1. The molecule has 2 aromatic rings. The monoisotopic (exact) mass is 465 g/mol. The maximum Gasteiger partial charge on any atom is 0.191 e. The molecule has 0 amide bonds. The van der Waals surface area contributed by atoms with Gasteiger partial charge in [0.15, 0.2) is 5.96 Å². The number of aryl methyl sites for hydroxylation is 2. The zero-order chi connectivity index (χ0) is 17.5. The third-order valence-corrected chi connectivity index (χ3v) is 4.51. The van der Waals surface area contributed by atoms with Crippen LogP contribution >= 0.6 is 24.0 Å². The molecule has 0 unspecified atom stereocenters. The van der Waals surface area contributed by atoms with Crippen LogP contribution in [0.25, 0.3) is 5.69 Å². The van der Waals surface area contributed by atoms with Crippen LogP contribution in [0.2, 0.25) is 0 Å². The molecule has 1 aliphatic rings. The Kier molecular flexibility index (Phi) is 8.15. The molecule has 1 aromatic carbocycles. The summed E-state index contributed by atoms with van der Waals surface area (Å²) >= 11 is 0. The molecule has 140 valence electrons. The Morgan fingerprint density at radius 2 is 1.96 bits per heavy atom. The van der Waals surface area contributed by atoms with Gasteiger partial charge >= 0.3 is 0 Å². The number of aliphatic imine (C=N–C) groups is 1. The molecule has 0 atom stereocenters. The molecule has 1 aromatic heterocycles. The van der Waals surface area contributed by atoms with E-state index in [-0.39, 0.29) is 24.0 Å². The van der Waals surface area contributed by atoms with E-state index in [1.807, 2.05) is 29.9 Å². The lowest BCUT2D eigenvalue weighted by Crippen LogP contribution is -2.42. The Morgan fingerprint density at radius 3 is 2.65 bits per heavy atom. The summed E-state index contributed by atoms with van der Waals surface area (Å²) in [5.41, 5.74) is 3.50. The molecule has 0 bridgehead atoms. The van der Waals surface area contributed by atoms with Crippen molar-refractivity contribution in [3.05, 3.63) is 59.9 Å². The maximum absolute atomic E-state index is 4.63. The van der Waals surface area contributed by atoms with Crippen LogP contribution < -0.4 is 10.6 Å². The minimum atomic E-state index is 0. The normalized spacial score (nSPS) is 14.3. The Hall–Kier alpha value is -1.83. The second-order valence-corrected chi connectivity index (χ2v) is 6.41. The number of hydrogen-bond donors (Lipinski definition) is 2. The van der Waals surface area contributed by atoms with Crippen molar-refractivity contribution in [3.8, 4) is 5.69 Å². The fourth-order valence-electron chi connectivity index (χ4n) is 3.06. The molecule has 0 radical (unpaired) electrons. The number of benzene rings is 1. The number of nitrogens with one attached hydrogen (secondary N) is 2. The van der Waals surface area contributed by atoms with Crippen LogP contribution in [0.15, 0.2) is 53.7 Å². The van der Waals surface area contributed by atoms with Crippen LogP contribution in [-0.4, -0.2) is 35.4 Å². The van der Waals surface area contributed by atoms with Crippen LogP contribution in [0.3, 0.4) is 0 Å². The summed E-state index contributed by atoms with van der Waals surface area (Å²) < 4.78 is 1.96. The average molecular weight is 465 g/mol. The van der Waals surface area contributed by atoms with E-state index in [1.54, 1.807) is 0 Å². The molecule has 3 rings (SSSR count). The smallest absolute Gasteiger partial charge is 0.191 e. The standard InChI is InChI=1S/C20H27N5.HI/c1-16-17(15-25(24-16)19-12-4-3-5-13-19)9-8-14-22-20(21-2)23-18-10-6-7-11-18;/h3-7,12-13,15,18H,8-11,14H2,1-2H3,(H2,21,22,23);1H. The molecular formula is C20H28IN5. The second kappa shape index (κ2) is 10.4. The van der Waals surface area contributed by atoms with Gasteiger partial charge in [0.2, 0.25) is 0 Å². The molecule has 0 saturated heterocycles. The van der Waals surface area contributed by atoms with Crippen molar-refractivity contribution in [2.75, 3.05) is 13.6 Å². The molecule has 0 aliphatic heterocycles. The van der Waals surface area contributed by atoms with Crippen molar-refractivity contribution in [1.29, 1.82) is 0 Å². The highest BCUT2D eigenvalue weighted by Gasteiger charge is 2.11. The zero-order valence-corrected chi connectivity index (χ0v) is 17.8. The molecule has 1 heterocycles. The van der Waals surface area contributed by atoms with Gasteiger partial charge in [-0.25, -0.2) is 4.68 Å². The van der Waals surface area contributed by atoms with E-state index in [2.05, 4.69) is 58.1 Å². The van der Waals surface area contributed by atoms with Crippen molar-refractivity contribution in [2.24, 2.45) is 4.99 Å². The lowest BCUT2D eigenvalue weighted by molar-refractivity contribution is 0.628. The second-order valence-electron chi connectivity index (χ2n) is 6.41. The van der Waals surface area contributed by atoms with E-state index in [1.165, 1.54) is 5.56 Å². The molecule has 1 aliphatic carbocycles. The van der Waals surface area contributed by atoms with E-state index in [0.717, 1.165) is 49.6 Å². The molecule has 0 spiro atoms. The highest BCUT2D eigenvalue weighted by Crippen LogP contribution is 2.13. The van der Waals surface area contributed by atoms with Crippen LogP contribution in [0, 0.1) is 6.92 Å². The van der Waals surface area contributed by atoms with Crippen LogP contribution in [0.4, 0.5) is 0 Å². The van der Waals surface area contributed by atoms with Crippen molar-refractivity contribution < 1.29 is 0 Å². The highest BCUT2D eigenvalue weighted by molar-refractivity contribution is 14.0. The van der Waals surface area contributed by atoms with E-state index < -0.39 is 0 Å². The summed E-state index contributed by atoms with van der Waals surface area (Å²) in [5.74, 6) is 0.894. The lowest BCUT2D eigenvalue weighted by Gasteiger charge is -2.16. The van der Waals surface area contributed by atoms with Gasteiger partial charge in [-0.05, 0) is 50.3 Å². The first kappa shape index (κ1) is 20.5. The Labute approximate surface area is 173 Å². The van der Waals surface area contributed by atoms with E-state index >= 15 is 0 Å².